The first-order valence-corrected chi connectivity index (χ1v) is 7.78. The number of halogens is 1. The van der Waals surface area contributed by atoms with Gasteiger partial charge in [-0.15, -0.1) is 0 Å². The van der Waals surface area contributed by atoms with E-state index < -0.39 is 10.0 Å². The van der Waals surface area contributed by atoms with Gasteiger partial charge in [0.05, 0.1) is 10.7 Å². The third kappa shape index (κ3) is 2.01. The Morgan fingerprint density at radius 1 is 1.00 bits per heavy atom. The quantitative estimate of drug-likeness (QED) is 0.853. The molecule has 0 aliphatic carbocycles. The van der Waals surface area contributed by atoms with Gasteiger partial charge in [-0.25, -0.2) is 8.42 Å². The number of hydrogen-bond donors (Lipinski definition) is 0. The first kappa shape index (κ1) is 12.5. The minimum absolute atomic E-state index is 0.161. The number of para-hydroxylation sites is 1. The van der Waals surface area contributed by atoms with Crippen molar-refractivity contribution < 1.29 is 8.42 Å². The molecular formula is C14H12ClNO2S. The van der Waals surface area contributed by atoms with E-state index >= 15 is 0 Å². The fraction of sp³-hybridized carbons (Fsp3) is 0.143. The molecule has 1 heterocycles. The van der Waals surface area contributed by atoms with Crippen LogP contribution in [0.25, 0.3) is 0 Å². The molecule has 0 aromatic heterocycles. The molecule has 2 aromatic carbocycles. The van der Waals surface area contributed by atoms with Crippen molar-refractivity contribution in [2.75, 3.05) is 10.8 Å². The summed E-state index contributed by atoms with van der Waals surface area (Å²) in [7, 11) is -3.58. The van der Waals surface area contributed by atoms with E-state index in [-0.39, 0.29) is 9.92 Å². The topological polar surface area (TPSA) is 37.4 Å². The predicted molar refractivity (Wildman–Crippen MR) is 76.1 cm³/mol. The van der Waals surface area contributed by atoms with Crippen molar-refractivity contribution in [2.24, 2.45) is 0 Å². The van der Waals surface area contributed by atoms with Gasteiger partial charge in [0.15, 0.2) is 0 Å². The Labute approximate surface area is 117 Å². The Morgan fingerprint density at radius 3 is 2.47 bits per heavy atom. The summed E-state index contributed by atoms with van der Waals surface area (Å²) in [4.78, 5) is 0.161. The molecule has 5 heteroatoms. The molecule has 0 radical (unpaired) electrons. The second-order valence-electron chi connectivity index (χ2n) is 4.39. The van der Waals surface area contributed by atoms with Gasteiger partial charge < -0.3 is 0 Å². The van der Waals surface area contributed by atoms with Gasteiger partial charge in [0.1, 0.15) is 4.90 Å². The maximum atomic E-state index is 12.7. The number of anilines is 1. The van der Waals surface area contributed by atoms with E-state index in [2.05, 4.69) is 0 Å². The maximum absolute atomic E-state index is 12.7. The molecule has 0 bridgehead atoms. The highest BCUT2D eigenvalue weighted by Gasteiger charge is 2.31. The second kappa shape index (κ2) is 4.54. The second-order valence-corrected chi connectivity index (χ2v) is 6.62. The molecule has 1 aliphatic rings. The van der Waals surface area contributed by atoms with E-state index in [1.165, 1.54) is 4.31 Å². The van der Waals surface area contributed by atoms with Crippen LogP contribution >= 0.6 is 11.6 Å². The van der Waals surface area contributed by atoms with Crippen LogP contribution in [0.3, 0.4) is 0 Å². The number of nitrogens with zero attached hydrogens (tertiary/aromatic N) is 1. The molecule has 0 fully saturated rings. The van der Waals surface area contributed by atoms with Crippen LogP contribution in [-0.4, -0.2) is 15.0 Å². The molecule has 0 saturated heterocycles. The van der Waals surface area contributed by atoms with Crippen molar-refractivity contribution in [3.8, 4) is 0 Å². The van der Waals surface area contributed by atoms with Crippen LogP contribution in [0.5, 0.6) is 0 Å². The fourth-order valence-electron chi connectivity index (χ4n) is 2.33. The average Bonchev–Trinajstić information content (AvgIpc) is 2.83. The lowest BCUT2D eigenvalue weighted by molar-refractivity contribution is 0.592. The summed E-state index contributed by atoms with van der Waals surface area (Å²) in [6.07, 6.45) is 0.736. The molecular weight excluding hydrogens is 282 g/mol. The zero-order chi connectivity index (χ0) is 13.5. The molecule has 3 rings (SSSR count). The Hall–Kier alpha value is -1.52. The van der Waals surface area contributed by atoms with Crippen molar-refractivity contribution in [3.63, 3.8) is 0 Å². The summed E-state index contributed by atoms with van der Waals surface area (Å²) in [6.45, 7) is 0.465. The van der Waals surface area contributed by atoms with Crippen LogP contribution in [0, 0.1) is 0 Å². The number of fused-ring (bicyclic) bond motifs is 1. The molecule has 19 heavy (non-hydrogen) atoms. The lowest BCUT2D eigenvalue weighted by atomic mass is 10.2. The van der Waals surface area contributed by atoms with Gasteiger partial charge in [0.2, 0.25) is 0 Å². The van der Waals surface area contributed by atoms with Gasteiger partial charge in [-0.2, -0.15) is 0 Å². The van der Waals surface area contributed by atoms with E-state index in [9.17, 15) is 8.42 Å². The number of benzene rings is 2. The zero-order valence-corrected chi connectivity index (χ0v) is 11.7. The van der Waals surface area contributed by atoms with E-state index in [0.717, 1.165) is 17.7 Å². The highest BCUT2D eigenvalue weighted by molar-refractivity contribution is 7.93. The van der Waals surface area contributed by atoms with Gasteiger partial charge in [0.25, 0.3) is 10.0 Å². The van der Waals surface area contributed by atoms with E-state index in [1.54, 1.807) is 24.3 Å². The molecule has 0 atom stereocenters. The molecule has 0 spiro atoms. The normalized spacial score (nSPS) is 14.5. The predicted octanol–water partition coefficient (Wildman–Crippen LogP) is 3.09. The minimum atomic E-state index is -3.58. The van der Waals surface area contributed by atoms with Crippen LogP contribution in [0.1, 0.15) is 5.56 Å². The summed E-state index contributed by atoms with van der Waals surface area (Å²) in [5.74, 6) is 0. The summed E-state index contributed by atoms with van der Waals surface area (Å²) >= 11 is 6.01. The summed E-state index contributed by atoms with van der Waals surface area (Å²) < 4.78 is 26.8. The molecule has 0 N–H and O–H groups in total. The van der Waals surface area contributed by atoms with E-state index in [0.29, 0.717) is 6.54 Å². The molecule has 0 saturated carbocycles. The van der Waals surface area contributed by atoms with E-state index in [4.69, 9.17) is 11.6 Å². The van der Waals surface area contributed by atoms with Gasteiger partial charge in [0, 0.05) is 6.54 Å². The first-order chi connectivity index (χ1) is 9.10. The number of rotatable bonds is 2. The smallest absolute Gasteiger partial charge is 0.265 e. The molecule has 1 aliphatic heterocycles. The third-order valence-corrected chi connectivity index (χ3v) is 5.56. The lowest BCUT2D eigenvalue weighted by Crippen LogP contribution is -2.29. The Kier molecular flexibility index (Phi) is 2.99. The molecule has 2 aromatic rings. The summed E-state index contributed by atoms with van der Waals surface area (Å²) in [5.41, 5.74) is 1.81. The molecule has 0 unspecified atom stereocenters. The van der Waals surface area contributed by atoms with Crippen LogP contribution in [-0.2, 0) is 16.4 Å². The molecule has 0 amide bonds. The lowest BCUT2D eigenvalue weighted by Gasteiger charge is -2.20. The standard InChI is InChI=1S/C14H12ClNO2S/c15-12-6-2-4-8-14(12)19(17,18)16-10-9-11-5-1-3-7-13(11)16/h1-8H,9-10H2. The Morgan fingerprint density at radius 2 is 1.68 bits per heavy atom. The highest BCUT2D eigenvalue weighted by Crippen LogP contribution is 2.34. The van der Waals surface area contributed by atoms with Crippen LogP contribution < -0.4 is 4.31 Å². The fourth-order valence-corrected chi connectivity index (χ4v) is 4.33. The molecule has 98 valence electrons. The van der Waals surface area contributed by atoms with Crippen LogP contribution in [0.15, 0.2) is 53.4 Å². The largest absolute Gasteiger partial charge is 0.266 e. The first-order valence-electron chi connectivity index (χ1n) is 5.96. The van der Waals surface area contributed by atoms with Crippen molar-refractivity contribution in [1.29, 1.82) is 0 Å². The Balaban J connectivity index is 2.11. The average molecular weight is 294 g/mol. The highest BCUT2D eigenvalue weighted by atomic mass is 35.5. The molecule has 3 nitrogen and oxygen atoms in total. The number of sulfonamides is 1. The van der Waals surface area contributed by atoms with Crippen LogP contribution in [0.2, 0.25) is 5.02 Å². The monoisotopic (exact) mass is 293 g/mol. The maximum Gasteiger partial charge on any atom is 0.265 e. The summed E-state index contributed by atoms with van der Waals surface area (Å²) in [6, 6.07) is 14.1. The van der Waals surface area contributed by atoms with Crippen molar-refractivity contribution in [1.82, 2.24) is 0 Å². The van der Waals surface area contributed by atoms with E-state index in [1.807, 2.05) is 24.3 Å². The van der Waals surface area contributed by atoms with Crippen molar-refractivity contribution in [2.45, 2.75) is 11.3 Å². The third-order valence-electron chi connectivity index (χ3n) is 3.25. The number of hydrogen-bond acceptors (Lipinski definition) is 2. The SMILES string of the molecule is O=S(=O)(c1ccccc1Cl)N1CCc2ccccc21. The van der Waals surface area contributed by atoms with Gasteiger partial charge in [-0.05, 0) is 30.2 Å². The van der Waals surface area contributed by atoms with Gasteiger partial charge >= 0.3 is 0 Å². The Bertz CT molecular complexity index is 728. The van der Waals surface area contributed by atoms with Gasteiger partial charge in [-0.3, -0.25) is 4.31 Å². The van der Waals surface area contributed by atoms with Crippen molar-refractivity contribution in [3.05, 3.63) is 59.1 Å². The van der Waals surface area contributed by atoms with Crippen molar-refractivity contribution >= 4 is 27.3 Å². The van der Waals surface area contributed by atoms with Crippen LogP contribution in [0.4, 0.5) is 5.69 Å². The zero-order valence-electron chi connectivity index (χ0n) is 10.1. The van der Waals surface area contributed by atoms with Gasteiger partial charge in [-0.1, -0.05) is 41.9 Å². The summed E-state index contributed by atoms with van der Waals surface area (Å²) in [5, 5.41) is 0.256. The minimum Gasteiger partial charge on any atom is -0.266 e.